The van der Waals surface area contributed by atoms with Gasteiger partial charge in [0.1, 0.15) is 17.1 Å². The number of amides is 1. The summed E-state index contributed by atoms with van der Waals surface area (Å²) in [5, 5.41) is 13.3. The lowest BCUT2D eigenvalue weighted by molar-refractivity contribution is 0.0936. The Morgan fingerprint density at radius 3 is 2.61 bits per heavy atom. The van der Waals surface area contributed by atoms with Crippen molar-refractivity contribution in [3.05, 3.63) is 28.7 Å². The van der Waals surface area contributed by atoms with Gasteiger partial charge in [-0.2, -0.15) is 5.10 Å². The fourth-order valence-corrected chi connectivity index (χ4v) is 1.69. The first-order valence-corrected chi connectivity index (χ1v) is 5.61. The van der Waals surface area contributed by atoms with Gasteiger partial charge in [0.2, 0.25) is 0 Å². The van der Waals surface area contributed by atoms with Crippen molar-refractivity contribution in [2.45, 2.75) is 33.7 Å². The van der Waals surface area contributed by atoms with Crippen molar-refractivity contribution >= 4 is 5.91 Å². The largest absolute Gasteiger partial charge is 0.361 e. The molecule has 0 saturated heterocycles. The molecule has 0 aromatic carbocycles. The van der Waals surface area contributed by atoms with Gasteiger partial charge in [0.05, 0.1) is 11.7 Å². The van der Waals surface area contributed by atoms with Crippen LogP contribution in [0, 0.1) is 20.8 Å². The van der Waals surface area contributed by atoms with Gasteiger partial charge in [-0.05, 0) is 27.7 Å². The number of carbonyl (C=O) groups excluding carboxylic acids is 1. The topological polar surface area (TPSA) is 96.7 Å². The molecular formula is C11H15N5O2. The predicted octanol–water partition coefficient (Wildman–Crippen LogP) is 1.21. The molecule has 96 valence electrons. The van der Waals surface area contributed by atoms with Crippen molar-refractivity contribution < 1.29 is 9.32 Å². The lowest BCUT2D eigenvalue weighted by Crippen LogP contribution is -2.28. The maximum absolute atomic E-state index is 12.1. The Balaban J connectivity index is 2.13. The summed E-state index contributed by atoms with van der Waals surface area (Å²) in [6, 6.07) is -0.281. The number of aryl methyl sites for hydroxylation is 3. The summed E-state index contributed by atoms with van der Waals surface area (Å²) in [5.74, 6) is 1.53. The van der Waals surface area contributed by atoms with Gasteiger partial charge in [-0.15, -0.1) is 0 Å². The first kappa shape index (κ1) is 12.3. The van der Waals surface area contributed by atoms with Gasteiger partial charge in [0.25, 0.3) is 5.91 Å². The summed E-state index contributed by atoms with van der Waals surface area (Å²) in [6.45, 7) is 7.06. The Kier molecular flexibility index (Phi) is 3.14. The number of aromatic nitrogens is 4. The molecule has 0 saturated carbocycles. The van der Waals surface area contributed by atoms with Gasteiger partial charge in [-0.25, -0.2) is 4.98 Å². The van der Waals surface area contributed by atoms with Crippen molar-refractivity contribution in [3.8, 4) is 0 Å². The Labute approximate surface area is 104 Å². The van der Waals surface area contributed by atoms with Crippen LogP contribution in [0.25, 0.3) is 0 Å². The van der Waals surface area contributed by atoms with Crippen molar-refractivity contribution in [2.24, 2.45) is 0 Å². The molecule has 2 heterocycles. The number of rotatable bonds is 3. The normalized spacial score (nSPS) is 12.4. The third-order valence-corrected chi connectivity index (χ3v) is 2.61. The highest BCUT2D eigenvalue weighted by atomic mass is 16.5. The first-order valence-electron chi connectivity index (χ1n) is 5.61. The Bertz CT molecular complexity index is 552. The van der Waals surface area contributed by atoms with E-state index in [1.807, 2.05) is 6.92 Å². The van der Waals surface area contributed by atoms with Crippen LogP contribution >= 0.6 is 0 Å². The molecule has 2 rings (SSSR count). The van der Waals surface area contributed by atoms with E-state index in [2.05, 4.69) is 25.7 Å². The molecule has 7 heteroatoms. The van der Waals surface area contributed by atoms with Gasteiger partial charge in [0, 0.05) is 0 Å². The molecule has 0 radical (unpaired) electrons. The second kappa shape index (κ2) is 4.59. The average Bonchev–Trinajstić information content (AvgIpc) is 2.85. The maximum atomic E-state index is 12.1. The van der Waals surface area contributed by atoms with E-state index < -0.39 is 0 Å². The van der Waals surface area contributed by atoms with Gasteiger partial charge in [-0.3, -0.25) is 9.89 Å². The molecular weight excluding hydrogens is 234 g/mol. The van der Waals surface area contributed by atoms with Crippen molar-refractivity contribution in [3.63, 3.8) is 0 Å². The predicted molar refractivity (Wildman–Crippen MR) is 63.0 cm³/mol. The molecule has 2 aromatic heterocycles. The summed E-state index contributed by atoms with van der Waals surface area (Å²) in [6.07, 6.45) is 0. The third kappa shape index (κ3) is 2.24. The van der Waals surface area contributed by atoms with E-state index in [1.54, 1.807) is 20.8 Å². The molecule has 18 heavy (non-hydrogen) atoms. The third-order valence-electron chi connectivity index (χ3n) is 2.61. The van der Waals surface area contributed by atoms with Gasteiger partial charge in [-0.1, -0.05) is 5.16 Å². The van der Waals surface area contributed by atoms with Crippen molar-refractivity contribution in [2.75, 3.05) is 0 Å². The van der Waals surface area contributed by atoms with Crippen LogP contribution in [0.1, 0.15) is 46.4 Å². The highest BCUT2D eigenvalue weighted by Gasteiger charge is 2.20. The number of carbonyl (C=O) groups is 1. The Morgan fingerprint density at radius 1 is 1.39 bits per heavy atom. The fourth-order valence-electron chi connectivity index (χ4n) is 1.69. The minimum absolute atomic E-state index is 0.235. The van der Waals surface area contributed by atoms with Crippen LogP contribution in [-0.2, 0) is 0 Å². The minimum Gasteiger partial charge on any atom is -0.361 e. The van der Waals surface area contributed by atoms with Gasteiger partial charge >= 0.3 is 0 Å². The molecule has 2 aromatic rings. The van der Waals surface area contributed by atoms with Crippen LogP contribution in [0.4, 0.5) is 0 Å². The summed E-state index contributed by atoms with van der Waals surface area (Å²) in [5.41, 5.74) is 1.04. The number of nitrogens with zero attached hydrogens (tertiary/aromatic N) is 3. The lowest BCUT2D eigenvalue weighted by atomic mass is 10.2. The molecule has 0 spiro atoms. The van der Waals surface area contributed by atoms with E-state index in [4.69, 9.17) is 4.52 Å². The number of nitrogens with one attached hydrogen (secondary N) is 2. The van der Waals surface area contributed by atoms with Crippen LogP contribution in [0.3, 0.4) is 0 Å². The number of hydrogen-bond donors (Lipinski definition) is 2. The smallest absolute Gasteiger partial charge is 0.257 e. The van der Waals surface area contributed by atoms with E-state index in [-0.39, 0.29) is 11.9 Å². The van der Waals surface area contributed by atoms with E-state index in [1.165, 1.54) is 0 Å². The molecule has 2 N–H and O–H groups in total. The van der Waals surface area contributed by atoms with E-state index >= 15 is 0 Å². The summed E-state index contributed by atoms with van der Waals surface area (Å²) in [4.78, 5) is 16.2. The Hall–Kier alpha value is -2.18. The Morgan fingerprint density at radius 2 is 2.11 bits per heavy atom. The molecule has 1 unspecified atom stereocenters. The molecule has 0 aliphatic carbocycles. The summed E-state index contributed by atoms with van der Waals surface area (Å²) >= 11 is 0. The molecule has 1 atom stereocenters. The molecule has 0 bridgehead atoms. The average molecular weight is 249 g/mol. The van der Waals surface area contributed by atoms with Crippen LogP contribution in [0.5, 0.6) is 0 Å². The van der Waals surface area contributed by atoms with E-state index in [0.717, 1.165) is 0 Å². The van der Waals surface area contributed by atoms with Crippen LogP contribution < -0.4 is 5.32 Å². The van der Waals surface area contributed by atoms with Gasteiger partial charge in [0.15, 0.2) is 5.82 Å². The lowest BCUT2D eigenvalue weighted by Gasteiger charge is -2.09. The molecule has 7 nitrogen and oxygen atoms in total. The fraction of sp³-hybridized carbons (Fsp3) is 0.455. The minimum atomic E-state index is -0.281. The zero-order valence-corrected chi connectivity index (χ0v) is 10.7. The van der Waals surface area contributed by atoms with Crippen LogP contribution in [0.2, 0.25) is 0 Å². The standard InChI is InChI=1S/C11H15N5O2/c1-5-9(7(3)18-16-5)11(17)12-6(2)10-13-8(4)14-15-10/h6H,1-4H3,(H,12,17)(H,13,14,15). The van der Waals surface area contributed by atoms with Crippen LogP contribution in [0.15, 0.2) is 4.52 Å². The summed E-state index contributed by atoms with van der Waals surface area (Å²) in [7, 11) is 0. The molecule has 1 amide bonds. The zero-order chi connectivity index (χ0) is 13.3. The molecule has 0 aliphatic heterocycles. The first-order chi connectivity index (χ1) is 8.49. The number of H-pyrrole nitrogens is 1. The van der Waals surface area contributed by atoms with E-state index in [0.29, 0.717) is 28.7 Å². The molecule has 0 aliphatic rings. The van der Waals surface area contributed by atoms with Crippen LogP contribution in [-0.4, -0.2) is 26.2 Å². The van der Waals surface area contributed by atoms with Crippen molar-refractivity contribution in [1.29, 1.82) is 0 Å². The molecule has 0 fully saturated rings. The monoisotopic (exact) mass is 249 g/mol. The maximum Gasteiger partial charge on any atom is 0.257 e. The number of hydrogen-bond acceptors (Lipinski definition) is 5. The highest BCUT2D eigenvalue weighted by Crippen LogP contribution is 2.14. The van der Waals surface area contributed by atoms with E-state index in [9.17, 15) is 4.79 Å². The number of aromatic amines is 1. The highest BCUT2D eigenvalue weighted by molar-refractivity contribution is 5.96. The quantitative estimate of drug-likeness (QED) is 0.852. The second-order valence-electron chi connectivity index (χ2n) is 4.17. The second-order valence-corrected chi connectivity index (χ2v) is 4.17. The zero-order valence-electron chi connectivity index (χ0n) is 10.7. The SMILES string of the molecule is Cc1nc(C(C)NC(=O)c2c(C)noc2C)n[nH]1. The van der Waals surface area contributed by atoms with Gasteiger partial charge < -0.3 is 9.84 Å². The van der Waals surface area contributed by atoms with Crippen molar-refractivity contribution in [1.82, 2.24) is 25.7 Å². The summed E-state index contributed by atoms with van der Waals surface area (Å²) < 4.78 is 4.96.